The van der Waals surface area contributed by atoms with Gasteiger partial charge in [0, 0.05) is 5.69 Å². The third kappa shape index (κ3) is 6.10. The molecule has 30 heavy (non-hydrogen) atoms. The van der Waals surface area contributed by atoms with E-state index < -0.39 is 18.0 Å². The number of hydrogen-bond donors (Lipinski definition) is 1. The summed E-state index contributed by atoms with van der Waals surface area (Å²) in [5.41, 5.74) is 0.879. The van der Waals surface area contributed by atoms with Gasteiger partial charge in [0.15, 0.2) is 6.10 Å². The Balaban J connectivity index is 1.53. The SMILES string of the molecule is CC(OC(=O)c1ccccc1OCCOc1ccccc1)C(=O)Nc1ccccc1. The van der Waals surface area contributed by atoms with Crippen molar-refractivity contribution in [3.8, 4) is 11.5 Å². The lowest BCUT2D eigenvalue weighted by atomic mass is 10.2. The van der Waals surface area contributed by atoms with Gasteiger partial charge >= 0.3 is 5.97 Å². The Labute approximate surface area is 175 Å². The summed E-state index contributed by atoms with van der Waals surface area (Å²) in [6.07, 6.45) is -0.966. The lowest BCUT2D eigenvalue weighted by molar-refractivity contribution is -0.123. The van der Waals surface area contributed by atoms with Crippen molar-refractivity contribution in [3.05, 3.63) is 90.5 Å². The van der Waals surface area contributed by atoms with Crippen LogP contribution in [0.3, 0.4) is 0 Å². The van der Waals surface area contributed by atoms with Crippen LogP contribution >= 0.6 is 0 Å². The summed E-state index contributed by atoms with van der Waals surface area (Å²) in [5, 5.41) is 2.71. The highest BCUT2D eigenvalue weighted by Crippen LogP contribution is 2.20. The van der Waals surface area contributed by atoms with Crippen LogP contribution in [0.5, 0.6) is 11.5 Å². The summed E-state index contributed by atoms with van der Waals surface area (Å²) in [6.45, 7) is 2.10. The fraction of sp³-hybridized carbons (Fsp3) is 0.167. The maximum Gasteiger partial charge on any atom is 0.342 e. The van der Waals surface area contributed by atoms with Gasteiger partial charge in [0.2, 0.25) is 0 Å². The van der Waals surface area contributed by atoms with E-state index in [-0.39, 0.29) is 12.2 Å². The Morgan fingerprint density at radius 2 is 1.40 bits per heavy atom. The molecular weight excluding hydrogens is 382 g/mol. The van der Waals surface area contributed by atoms with Crippen LogP contribution in [-0.4, -0.2) is 31.2 Å². The topological polar surface area (TPSA) is 73.9 Å². The minimum atomic E-state index is -0.966. The number of amides is 1. The van der Waals surface area contributed by atoms with Crippen molar-refractivity contribution in [2.24, 2.45) is 0 Å². The van der Waals surface area contributed by atoms with Crippen LogP contribution in [0.15, 0.2) is 84.9 Å². The van der Waals surface area contributed by atoms with E-state index in [0.717, 1.165) is 5.75 Å². The van der Waals surface area contributed by atoms with Crippen LogP contribution in [0, 0.1) is 0 Å². The number of anilines is 1. The largest absolute Gasteiger partial charge is 0.490 e. The van der Waals surface area contributed by atoms with Crippen molar-refractivity contribution in [2.75, 3.05) is 18.5 Å². The Kier molecular flexibility index (Phi) is 7.44. The highest BCUT2D eigenvalue weighted by atomic mass is 16.6. The molecule has 6 heteroatoms. The number of carbonyl (C=O) groups excluding carboxylic acids is 2. The molecule has 0 spiro atoms. The van der Waals surface area contributed by atoms with Gasteiger partial charge in [0.25, 0.3) is 5.91 Å². The molecule has 0 fully saturated rings. The molecule has 1 atom stereocenters. The Morgan fingerprint density at radius 3 is 2.13 bits per heavy atom. The van der Waals surface area contributed by atoms with Crippen molar-refractivity contribution in [1.82, 2.24) is 0 Å². The summed E-state index contributed by atoms with van der Waals surface area (Å²) in [4.78, 5) is 24.8. The maximum atomic E-state index is 12.6. The van der Waals surface area contributed by atoms with Gasteiger partial charge in [0.1, 0.15) is 30.3 Å². The number of hydrogen-bond acceptors (Lipinski definition) is 5. The highest BCUT2D eigenvalue weighted by Gasteiger charge is 2.21. The molecule has 1 amide bonds. The second-order valence-electron chi connectivity index (χ2n) is 6.41. The molecule has 3 aromatic rings. The second-order valence-corrected chi connectivity index (χ2v) is 6.41. The molecule has 0 heterocycles. The van der Waals surface area contributed by atoms with Gasteiger partial charge in [0.05, 0.1) is 0 Å². The minimum absolute atomic E-state index is 0.247. The van der Waals surface area contributed by atoms with Crippen LogP contribution in [-0.2, 0) is 9.53 Å². The van der Waals surface area contributed by atoms with Gasteiger partial charge in [-0.2, -0.15) is 0 Å². The molecule has 6 nitrogen and oxygen atoms in total. The van der Waals surface area contributed by atoms with Crippen molar-refractivity contribution < 1.29 is 23.8 Å². The van der Waals surface area contributed by atoms with E-state index in [1.165, 1.54) is 6.92 Å². The van der Waals surface area contributed by atoms with Gasteiger partial charge in [-0.1, -0.05) is 48.5 Å². The molecule has 0 aliphatic carbocycles. The zero-order valence-corrected chi connectivity index (χ0v) is 16.6. The number of benzene rings is 3. The molecule has 0 saturated heterocycles. The van der Waals surface area contributed by atoms with E-state index >= 15 is 0 Å². The third-order valence-corrected chi connectivity index (χ3v) is 4.15. The zero-order valence-electron chi connectivity index (χ0n) is 16.6. The minimum Gasteiger partial charge on any atom is -0.490 e. The highest BCUT2D eigenvalue weighted by molar-refractivity contribution is 5.98. The number of nitrogens with one attached hydrogen (secondary N) is 1. The van der Waals surface area contributed by atoms with Crippen LogP contribution in [0.2, 0.25) is 0 Å². The van der Waals surface area contributed by atoms with E-state index in [1.54, 1.807) is 48.5 Å². The monoisotopic (exact) mass is 405 g/mol. The van der Waals surface area contributed by atoms with Crippen LogP contribution in [0.1, 0.15) is 17.3 Å². The summed E-state index contributed by atoms with van der Waals surface area (Å²) in [7, 11) is 0. The first-order chi connectivity index (χ1) is 14.6. The van der Waals surface area contributed by atoms with Crippen molar-refractivity contribution in [1.29, 1.82) is 0 Å². The Morgan fingerprint density at radius 1 is 0.800 bits per heavy atom. The fourth-order valence-corrected chi connectivity index (χ4v) is 2.63. The lowest BCUT2D eigenvalue weighted by Crippen LogP contribution is -2.30. The third-order valence-electron chi connectivity index (χ3n) is 4.15. The fourth-order valence-electron chi connectivity index (χ4n) is 2.63. The van der Waals surface area contributed by atoms with Crippen molar-refractivity contribution >= 4 is 17.6 Å². The molecule has 0 aliphatic heterocycles. The van der Waals surface area contributed by atoms with Gasteiger partial charge in [-0.3, -0.25) is 4.79 Å². The van der Waals surface area contributed by atoms with Gasteiger partial charge in [-0.05, 0) is 43.3 Å². The molecule has 3 rings (SSSR count). The van der Waals surface area contributed by atoms with Crippen molar-refractivity contribution in [2.45, 2.75) is 13.0 Å². The Bertz CT molecular complexity index is 960. The quantitative estimate of drug-likeness (QED) is 0.424. The van der Waals surface area contributed by atoms with E-state index in [0.29, 0.717) is 18.0 Å². The van der Waals surface area contributed by atoms with Gasteiger partial charge in [-0.15, -0.1) is 0 Å². The van der Waals surface area contributed by atoms with Crippen LogP contribution in [0.4, 0.5) is 5.69 Å². The molecule has 0 bridgehead atoms. The Hall–Kier alpha value is -3.80. The first-order valence-corrected chi connectivity index (χ1v) is 9.60. The number of rotatable bonds is 9. The van der Waals surface area contributed by atoms with E-state index in [4.69, 9.17) is 14.2 Å². The summed E-state index contributed by atoms with van der Waals surface area (Å²) < 4.78 is 16.6. The molecule has 0 aliphatic rings. The molecule has 0 aromatic heterocycles. The summed E-state index contributed by atoms with van der Waals surface area (Å²) in [5.74, 6) is 0.0661. The first-order valence-electron chi connectivity index (χ1n) is 9.60. The van der Waals surface area contributed by atoms with E-state index in [9.17, 15) is 9.59 Å². The number of carbonyl (C=O) groups is 2. The lowest BCUT2D eigenvalue weighted by Gasteiger charge is -2.15. The summed E-state index contributed by atoms with van der Waals surface area (Å²) in [6, 6.07) is 25.1. The van der Waals surface area contributed by atoms with E-state index in [1.807, 2.05) is 36.4 Å². The molecule has 1 N–H and O–H groups in total. The average molecular weight is 405 g/mol. The van der Waals surface area contributed by atoms with E-state index in [2.05, 4.69) is 5.32 Å². The smallest absolute Gasteiger partial charge is 0.342 e. The van der Waals surface area contributed by atoms with Crippen molar-refractivity contribution in [3.63, 3.8) is 0 Å². The molecule has 3 aromatic carbocycles. The normalized spacial score (nSPS) is 11.2. The standard InChI is InChI=1S/C24H23NO5/c1-18(23(26)25-19-10-4-2-5-11-19)30-24(27)21-14-8-9-15-22(21)29-17-16-28-20-12-6-3-7-13-20/h2-15,18H,16-17H2,1H3,(H,25,26). The van der Waals surface area contributed by atoms with Gasteiger partial charge in [-0.25, -0.2) is 4.79 Å². The summed E-state index contributed by atoms with van der Waals surface area (Å²) >= 11 is 0. The molecule has 0 saturated carbocycles. The predicted octanol–water partition coefficient (Wildman–Crippen LogP) is 4.33. The number of ether oxygens (including phenoxy) is 3. The first kappa shape index (κ1) is 20.9. The molecule has 0 radical (unpaired) electrons. The zero-order chi connectivity index (χ0) is 21.2. The molecule has 1 unspecified atom stereocenters. The predicted molar refractivity (Wildman–Crippen MR) is 114 cm³/mol. The average Bonchev–Trinajstić information content (AvgIpc) is 2.78. The number of esters is 1. The molecular formula is C24H23NO5. The van der Waals surface area contributed by atoms with Crippen LogP contribution in [0.25, 0.3) is 0 Å². The maximum absolute atomic E-state index is 12.6. The number of para-hydroxylation sites is 3. The second kappa shape index (κ2) is 10.7. The van der Waals surface area contributed by atoms with Crippen LogP contribution < -0.4 is 14.8 Å². The molecule has 154 valence electrons. The van der Waals surface area contributed by atoms with Gasteiger partial charge < -0.3 is 19.5 Å².